The number of halogens is 1. The molecule has 1 amide bonds. The molecule has 0 fully saturated rings. The Morgan fingerprint density at radius 1 is 0.931 bits per heavy atom. The summed E-state index contributed by atoms with van der Waals surface area (Å²) in [6, 6.07) is 21.3. The molecule has 0 atom stereocenters. The maximum Gasteiger partial charge on any atom is 0.344 e. The monoisotopic (exact) mass is 393 g/mol. The topological polar surface area (TPSA) is 64.6 Å². The van der Waals surface area contributed by atoms with Crippen LogP contribution < -0.4 is 10.1 Å². The van der Waals surface area contributed by atoms with E-state index < -0.39 is 24.3 Å². The number of nitrogens with one attached hydrogen (secondary N) is 1. The Bertz CT molecular complexity index is 1000. The number of para-hydroxylation sites is 1. The fraction of sp³-hybridized carbons (Fsp3) is 0.130. The van der Waals surface area contributed by atoms with Crippen LogP contribution in [0.3, 0.4) is 0 Å². The third-order valence-electron chi connectivity index (χ3n) is 4.14. The lowest BCUT2D eigenvalue weighted by Gasteiger charge is -2.11. The van der Waals surface area contributed by atoms with E-state index in [1.165, 1.54) is 6.07 Å². The van der Waals surface area contributed by atoms with Gasteiger partial charge in [0.25, 0.3) is 5.91 Å². The molecule has 0 saturated heterocycles. The zero-order valence-electron chi connectivity index (χ0n) is 15.9. The van der Waals surface area contributed by atoms with E-state index >= 15 is 0 Å². The molecule has 0 aliphatic heterocycles. The number of ether oxygens (including phenoxy) is 2. The molecule has 0 saturated carbocycles. The average Bonchev–Trinajstić information content (AvgIpc) is 2.74. The highest BCUT2D eigenvalue weighted by Crippen LogP contribution is 2.29. The van der Waals surface area contributed by atoms with Gasteiger partial charge >= 0.3 is 5.97 Å². The summed E-state index contributed by atoms with van der Waals surface area (Å²) in [5.74, 6) is -1.13. The summed E-state index contributed by atoms with van der Waals surface area (Å²) in [5.41, 5.74) is 2.57. The van der Waals surface area contributed by atoms with Crippen LogP contribution in [0.4, 0.5) is 10.1 Å². The van der Waals surface area contributed by atoms with Crippen LogP contribution in [0.25, 0.3) is 11.1 Å². The van der Waals surface area contributed by atoms with Crippen molar-refractivity contribution >= 4 is 17.6 Å². The normalized spacial score (nSPS) is 10.3. The van der Waals surface area contributed by atoms with Crippen LogP contribution in [0, 0.1) is 12.7 Å². The summed E-state index contributed by atoms with van der Waals surface area (Å²) in [7, 11) is 0. The molecule has 3 rings (SSSR count). The van der Waals surface area contributed by atoms with E-state index in [0.717, 1.165) is 11.1 Å². The summed E-state index contributed by atoms with van der Waals surface area (Å²) < 4.78 is 24.0. The first kappa shape index (κ1) is 20.1. The van der Waals surface area contributed by atoms with E-state index in [4.69, 9.17) is 9.47 Å². The Hall–Kier alpha value is -3.67. The molecule has 29 heavy (non-hydrogen) atoms. The lowest BCUT2D eigenvalue weighted by atomic mass is 10.1. The van der Waals surface area contributed by atoms with Crippen LogP contribution in [-0.2, 0) is 14.3 Å². The van der Waals surface area contributed by atoms with Crippen molar-refractivity contribution in [3.63, 3.8) is 0 Å². The maximum absolute atomic E-state index is 13.5. The van der Waals surface area contributed by atoms with Gasteiger partial charge in [0.1, 0.15) is 11.6 Å². The first-order chi connectivity index (χ1) is 14.0. The summed E-state index contributed by atoms with van der Waals surface area (Å²) in [4.78, 5) is 23.8. The van der Waals surface area contributed by atoms with Crippen molar-refractivity contribution in [2.75, 3.05) is 18.5 Å². The number of benzene rings is 3. The summed E-state index contributed by atoms with van der Waals surface area (Å²) in [5, 5.41) is 2.47. The first-order valence-electron chi connectivity index (χ1n) is 9.02. The second-order valence-corrected chi connectivity index (χ2v) is 6.32. The molecule has 0 aliphatic carbocycles. The van der Waals surface area contributed by atoms with Crippen LogP contribution in [0.2, 0.25) is 0 Å². The Balaban J connectivity index is 1.50. The van der Waals surface area contributed by atoms with E-state index in [1.54, 1.807) is 31.2 Å². The Morgan fingerprint density at radius 2 is 1.66 bits per heavy atom. The van der Waals surface area contributed by atoms with Gasteiger partial charge in [0.15, 0.2) is 13.2 Å². The van der Waals surface area contributed by atoms with Crippen molar-refractivity contribution in [1.29, 1.82) is 0 Å². The van der Waals surface area contributed by atoms with E-state index in [9.17, 15) is 14.0 Å². The largest absolute Gasteiger partial charge is 0.481 e. The summed E-state index contributed by atoms with van der Waals surface area (Å²) in [6.07, 6.45) is 0. The third-order valence-corrected chi connectivity index (χ3v) is 4.14. The molecule has 3 aromatic rings. The van der Waals surface area contributed by atoms with Crippen molar-refractivity contribution in [3.05, 3.63) is 84.2 Å². The number of esters is 1. The molecule has 148 valence electrons. The number of carbonyl (C=O) groups is 2. The van der Waals surface area contributed by atoms with E-state index in [1.807, 2.05) is 42.5 Å². The Labute approximate surface area is 168 Å². The highest BCUT2D eigenvalue weighted by molar-refractivity contribution is 5.92. The smallest absolute Gasteiger partial charge is 0.344 e. The van der Waals surface area contributed by atoms with Crippen molar-refractivity contribution in [3.8, 4) is 16.9 Å². The second kappa shape index (κ2) is 9.50. The molecule has 0 bridgehead atoms. The number of rotatable bonds is 7. The average molecular weight is 393 g/mol. The van der Waals surface area contributed by atoms with Crippen LogP contribution in [0.5, 0.6) is 5.75 Å². The standard InChI is InChI=1S/C23H20FNO4/c1-16-11-12-18(13-20(16)24)25-22(26)14-29-23(27)15-28-21-10-6-5-9-19(21)17-7-3-2-4-8-17/h2-13H,14-15H2,1H3,(H,25,26). The fourth-order valence-electron chi connectivity index (χ4n) is 2.64. The number of hydrogen-bond acceptors (Lipinski definition) is 4. The predicted octanol–water partition coefficient (Wildman–Crippen LogP) is 4.36. The molecule has 0 aliphatic rings. The molecule has 0 radical (unpaired) electrons. The van der Waals surface area contributed by atoms with Gasteiger partial charge in [-0.05, 0) is 36.2 Å². The van der Waals surface area contributed by atoms with Crippen molar-refractivity contribution in [2.24, 2.45) is 0 Å². The molecule has 3 aromatic carbocycles. The second-order valence-electron chi connectivity index (χ2n) is 6.32. The van der Waals surface area contributed by atoms with Gasteiger partial charge in [-0.3, -0.25) is 4.79 Å². The van der Waals surface area contributed by atoms with Crippen molar-refractivity contribution < 1.29 is 23.5 Å². The Kier molecular flexibility index (Phi) is 6.58. The van der Waals surface area contributed by atoms with Gasteiger partial charge in [0.05, 0.1) is 0 Å². The van der Waals surface area contributed by atoms with E-state index in [2.05, 4.69) is 5.32 Å². The molecular formula is C23H20FNO4. The van der Waals surface area contributed by atoms with Gasteiger partial charge in [-0.2, -0.15) is 0 Å². The summed E-state index contributed by atoms with van der Waals surface area (Å²) in [6.45, 7) is 0.799. The molecule has 0 aromatic heterocycles. The molecule has 0 unspecified atom stereocenters. The third kappa shape index (κ3) is 5.65. The fourth-order valence-corrected chi connectivity index (χ4v) is 2.64. The highest BCUT2D eigenvalue weighted by Gasteiger charge is 2.11. The maximum atomic E-state index is 13.5. The van der Waals surface area contributed by atoms with Crippen LogP contribution in [0.1, 0.15) is 5.56 Å². The SMILES string of the molecule is Cc1ccc(NC(=O)COC(=O)COc2ccccc2-c2ccccc2)cc1F. The van der Waals surface area contributed by atoms with Crippen LogP contribution in [-0.4, -0.2) is 25.1 Å². The lowest BCUT2D eigenvalue weighted by molar-refractivity contribution is -0.149. The number of amides is 1. The molecule has 1 N–H and O–H groups in total. The highest BCUT2D eigenvalue weighted by atomic mass is 19.1. The molecule has 0 heterocycles. The minimum Gasteiger partial charge on any atom is -0.481 e. The van der Waals surface area contributed by atoms with Crippen molar-refractivity contribution in [2.45, 2.75) is 6.92 Å². The minimum atomic E-state index is -0.682. The van der Waals surface area contributed by atoms with E-state index in [0.29, 0.717) is 17.0 Å². The zero-order chi connectivity index (χ0) is 20.6. The number of hydrogen-bond donors (Lipinski definition) is 1. The van der Waals surface area contributed by atoms with Gasteiger partial charge in [-0.15, -0.1) is 0 Å². The number of carbonyl (C=O) groups excluding carboxylic acids is 2. The quantitative estimate of drug-likeness (QED) is 0.606. The number of anilines is 1. The molecule has 5 nitrogen and oxygen atoms in total. The minimum absolute atomic E-state index is 0.294. The molecule has 6 heteroatoms. The lowest BCUT2D eigenvalue weighted by Crippen LogP contribution is -2.23. The van der Waals surface area contributed by atoms with Gasteiger partial charge in [-0.25, -0.2) is 9.18 Å². The van der Waals surface area contributed by atoms with Crippen LogP contribution >= 0.6 is 0 Å². The van der Waals surface area contributed by atoms with Gasteiger partial charge in [0.2, 0.25) is 0 Å². The zero-order valence-corrected chi connectivity index (χ0v) is 15.9. The molecular weight excluding hydrogens is 373 g/mol. The van der Waals surface area contributed by atoms with E-state index in [-0.39, 0.29) is 6.61 Å². The van der Waals surface area contributed by atoms with Crippen LogP contribution in [0.15, 0.2) is 72.8 Å². The van der Waals surface area contributed by atoms with Gasteiger partial charge < -0.3 is 14.8 Å². The molecule has 0 spiro atoms. The first-order valence-corrected chi connectivity index (χ1v) is 9.02. The Morgan fingerprint density at radius 3 is 2.41 bits per heavy atom. The summed E-state index contributed by atoms with van der Waals surface area (Å²) >= 11 is 0. The van der Waals surface area contributed by atoms with Gasteiger partial charge in [0, 0.05) is 11.3 Å². The van der Waals surface area contributed by atoms with Gasteiger partial charge in [-0.1, -0.05) is 54.6 Å². The predicted molar refractivity (Wildman–Crippen MR) is 108 cm³/mol. The van der Waals surface area contributed by atoms with Crippen molar-refractivity contribution in [1.82, 2.24) is 0 Å². The number of aryl methyl sites for hydroxylation is 1.